The molecule has 1 aromatic rings. The number of hydrogen-bond acceptors (Lipinski definition) is 5. The van der Waals surface area contributed by atoms with E-state index in [1.165, 1.54) is 13.2 Å². The number of methoxy groups -OCH3 is 1. The molecule has 1 aliphatic rings. The largest absolute Gasteiger partial charge is 0.380 e. The van der Waals surface area contributed by atoms with Gasteiger partial charge in [-0.1, -0.05) is 23.2 Å². The van der Waals surface area contributed by atoms with E-state index in [2.05, 4.69) is 14.0 Å². The number of fused-ring (bicyclic) bond motifs is 1. The number of halogens is 2. The zero-order chi connectivity index (χ0) is 14.7. The zero-order valence-electron chi connectivity index (χ0n) is 10.5. The molecule has 1 atom stereocenters. The summed E-state index contributed by atoms with van der Waals surface area (Å²) in [5.74, 6) is -0.263. The summed E-state index contributed by atoms with van der Waals surface area (Å²) in [7, 11) is 1.50. The maximum atomic E-state index is 12.0. The normalized spacial score (nSPS) is 13.8. The minimum Gasteiger partial charge on any atom is -0.380 e. The number of anilines is 1. The third kappa shape index (κ3) is 3.18. The molecular formula is C11H12Cl2N4O2S. The van der Waals surface area contributed by atoms with Crippen LogP contribution in [-0.2, 0) is 20.9 Å². The van der Waals surface area contributed by atoms with Crippen molar-refractivity contribution in [3.63, 3.8) is 0 Å². The summed E-state index contributed by atoms with van der Waals surface area (Å²) in [5.41, 5.74) is 6.87. The summed E-state index contributed by atoms with van der Waals surface area (Å²) in [6.45, 7) is 0.256. The predicted molar refractivity (Wildman–Crippen MR) is 81.1 cm³/mol. The van der Waals surface area contributed by atoms with Gasteiger partial charge in [0.25, 0.3) is 0 Å². The van der Waals surface area contributed by atoms with Crippen molar-refractivity contribution in [2.75, 3.05) is 19.0 Å². The Hall–Kier alpha value is -0.990. The topological polar surface area (TPSA) is 89.1 Å². The maximum absolute atomic E-state index is 12.0. The van der Waals surface area contributed by atoms with Crippen LogP contribution < -0.4 is 11.1 Å². The van der Waals surface area contributed by atoms with E-state index in [-0.39, 0.29) is 25.0 Å². The van der Waals surface area contributed by atoms with Crippen LogP contribution in [0.25, 0.3) is 0 Å². The first-order valence-corrected chi connectivity index (χ1v) is 7.18. The van der Waals surface area contributed by atoms with E-state index < -0.39 is 0 Å². The molecule has 20 heavy (non-hydrogen) atoms. The Labute approximate surface area is 129 Å². The van der Waals surface area contributed by atoms with Gasteiger partial charge in [0.15, 0.2) is 0 Å². The van der Waals surface area contributed by atoms with Gasteiger partial charge in [0.2, 0.25) is 5.91 Å². The van der Waals surface area contributed by atoms with Crippen molar-refractivity contribution in [3.8, 4) is 0 Å². The van der Waals surface area contributed by atoms with Crippen LogP contribution in [-0.4, -0.2) is 25.7 Å². The molecule has 9 heteroatoms. The number of rotatable bonds is 5. The molecule has 1 aromatic carbocycles. The average Bonchev–Trinajstić information content (AvgIpc) is 2.90. The first kappa shape index (κ1) is 15.4. The number of carbonyl (C=O) groups is 1. The minimum absolute atomic E-state index is 0.130. The van der Waals surface area contributed by atoms with Crippen LogP contribution in [0.3, 0.4) is 0 Å². The SMILES string of the molecule is COC(CN)CC(=O)Nc1c(Cl)cc(Cl)c2c1N=S=N2. The van der Waals surface area contributed by atoms with Gasteiger partial charge in [-0.05, 0) is 6.07 Å². The maximum Gasteiger partial charge on any atom is 0.227 e. The highest BCUT2D eigenvalue weighted by molar-refractivity contribution is 7.58. The van der Waals surface area contributed by atoms with Crippen LogP contribution in [0.1, 0.15) is 6.42 Å². The quantitative estimate of drug-likeness (QED) is 0.880. The van der Waals surface area contributed by atoms with E-state index in [0.29, 0.717) is 27.1 Å². The number of nitrogens with one attached hydrogen (secondary N) is 1. The lowest BCUT2D eigenvalue weighted by atomic mass is 10.2. The van der Waals surface area contributed by atoms with Crippen molar-refractivity contribution >= 4 is 57.5 Å². The molecular weight excluding hydrogens is 323 g/mol. The van der Waals surface area contributed by atoms with E-state index >= 15 is 0 Å². The molecule has 0 saturated carbocycles. The molecule has 0 fully saturated rings. The number of nitrogens with two attached hydrogens (primary N) is 1. The van der Waals surface area contributed by atoms with Gasteiger partial charge in [-0.3, -0.25) is 4.79 Å². The molecule has 108 valence electrons. The Morgan fingerprint density at radius 3 is 2.80 bits per heavy atom. The molecule has 0 spiro atoms. The van der Waals surface area contributed by atoms with Gasteiger partial charge < -0.3 is 15.8 Å². The molecule has 6 nitrogen and oxygen atoms in total. The fourth-order valence-corrected chi connectivity index (χ4v) is 2.81. The van der Waals surface area contributed by atoms with E-state index in [0.717, 1.165) is 11.4 Å². The van der Waals surface area contributed by atoms with Crippen LogP contribution in [0.15, 0.2) is 14.8 Å². The van der Waals surface area contributed by atoms with E-state index in [4.69, 9.17) is 33.7 Å². The third-order valence-corrected chi connectivity index (χ3v) is 3.83. The Kier molecular flexibility index (Phi) is 5.11. The highest BCUT2D eigenvalue weighted by Crippen LogP contribution is 2.47. The fourth-order valence-electron chi connectivity index (χ4n) is 1.65. The van der Waals surface area contributed by atoms with E-state index in [1.54, 1.807) is 0 Å². The number of benzene rings is 1. The summed E-state index contributed by atoms with van der Waals surface area (Å²) >= 11 is 13.1. The first-order valence-electron chi connectivity index (χ1n) is 5.69. The number of hydrogen-bond donors (Lipinski definition) is 2. The van der Waals surface area contributed by atoms with Crippen LogP contribution in [0.5, 0.6) is 0 Å². The van der Waals surface area contributed by atoms with Gasteiger partial charge in [-0.15, -0.1) is 0 Å². The van der Waals surface area contributed by atoms with Gasteiger partial charge in [0.1, 0.15) is 11.4 Å². The zero-order valence-corrected chi connectivity index (χ0v) is 12.8. The second kappa shape index (κ2) is 6.64. The highest BCUT2D eigenvalue weighted by Gasteiger charge is 2.21. The molecule has 3 N–H and O–H groups in total. The third-order valence-electron chi connectivity index (χ3n) is 2.72. The van der Waals surface area contributed by atoms with Crippen LogP contribution in [0.2, 0.25) is 10.0 Å². The van der Waals surface area contributed by atoms with E-state index in [9.17, 15) is 4.79 Å². The van der Waals surface area contributed by atoms with Gasteiger partial charge in [0, 0.05) is 13.7 Å². The molecule has 0 aliphatic carbocycles. The van der Waals surface area contributed by atoms with Gasteiger partial charge >= 0.3 is 0 Å². The van der Waals surface area contributed by atoms with Crippen LogP contribution >= 0.6 is 23.2 Å². The Bertz CT molecular complexity index is 613. The molecule has 1 heterocycles. The lowest BCUT2D eigenvalue weighted by molar-refractivity contribution is -0.118. The Morgan fingerprint density at radius 1 is 1.45 bits per heavy atom. The fraction of sp³-hybridized carbons (Fsp3) is 0.364. The molecule has 1 unspecified atom stereocenters. The van der Waals surface area contributed by atoms with Crippen molar-refractivity contribution < 1.29 is 9.53 Å². The molecule has 0 saturated heterocycles. The summed E-state index contributed by atoms with van der Waals surface area (Å²) in [4.78, 5) is 12.0. The van der Waals surface area contributed by atoms with E-state index in [1.807, 2.05) is 0 Å². The first-order chi connectivity index (χ1) is 9.56. The molecule has 0 radical (unpaired) electrons. The summed E-state index contributed by atoms with van der Waals surface area (Å²) < 4.78 is 13.2. The second-order valence-electron chi connectivity index (χ2n) is 4.02. The van der Waals surface area contributed by atoms with Crippen molar-refractivity contribution in [2.45, 2.75) is 12.5 Å². The van der Waals surface area contributed by atoms with Gasteiger partial charge in [-0.2, -0.15) is 8.73 Å². The highest BCUT2D eigenvalue weighted by atomic mass is 35.5. The summed E-state index contributed by atoms with van der Waals surface area (Å²) in [6, 6.07) is 1.53. The lowest BCUT2D eigenvalue weighted by Gasteiger charge is -2.14. The number of nitrogens with zero attached hydrogens (tertiary/aromatic N) is 2. The van der Waals surface area contributed by atoms with Crippen molar-refractivity contribution in [1.82, 2.24) is 0 Å². The van der Waals surface area contributed by atoms with Crippen molar-refractivity contribution in [2.24, 2.45) is 14.5 Å². The number of amides is 1. The molecule has 0 bridgehead atoms. The minimum atomic E-state index is -0.342. The molecule has 0 aromatic heterocycles. The standard InChI is InChI=1S/C11H12Cl2N4O2S/c1-19-5(4-14)2-8(18)15-9-6(12)3-7(13)10-11(9)17-20-16-10/h3,5H,2,4,14H2,1H3,(H,15,18). The lowest BCUT2D eigenvalue weighted by Crippen LogP contribution is -2.28. The predicted octanol–water partition coefficient (Wildman–Crippen LogP) is 3.02. The molecule has 1 amide bonds. The number of ether oxygens (including phenoxy) is 1. The van der Waals surface area contributed by atoms with Crippen molar-refractivity contribution in [1.29, 1.82) is 0 Å². The summed E-state index contributed by atoms with van der Waals surface area (Å²) in [6.07, 6.45) is -0.213. The van der Waals surface area contributed by atoms with Crippen LogP contribution in [0.4, 0.5) is 17.1 Å². The summed E-state index contributed by atoms with van der Waals surface area (Å²) in [5, 5.41) is 3.41. The van der Waals surface area contributed by atoms with Gasteiger partial charge in [-0.25, -0.2) is 0 Å². The second-order valence-corrected chi connectivity index (χ2v) is 5.37. The Morgan fingerprint density at radius 2 is 2.15 bits per heavy atom. The Balaban J connectivity index is 2.21. The van der Waals surface area contributed by atoms with Crippen molar-refractivity contribution in [3.05, 3.63) is 16.1 Å². The molecule has 1 aliphatic heterocycles. The van der Waals surface area contributed by atoms with Gasteiger partial charge in [0.05, 0.1) is 39.6 Å². The average molecular weight is 335 g/mol. The number of carbonyl (C=O) groups excluding carboxylic acids is 1. The smallest absolute Gasteiger partial charge is 0.227 e. The monoisotopic (exact) mass is 334 g/mol. The molecule has 2 rings (SSSR count). The van der Waals surface area contributed by atoms with Crippen LogP contribution in [0, 0.1) is 0 Å².